The standard InChI is InChI=1S/C16H13Cl2NO/c17-13-3-1-2-10(6-13)7-14(18)11-4-5-15-12(8-11)9-16(20)19-15/h1-6,8,14H,7,9H2,(H,19,20). The van der Waals surface area contributed by atoms with Crippen LogP contribution in [0.15, 0.2) is 42.5 Å². The molecule has 0 saturated carbocycles. The highest BCUT2D eigenvalue weighted by molar-refractivity contribution is 6.30. The molecule has 0 saturated heterocycles. The number of carbonyl (C=O) groups is 1. The lowest BCUT2D eigenvalue weighted by Gasteiger charge is -2.11. The van der Waals surface area contributed by atoms with Crippen molar-refractivity contribution in [3.8, 4) is 0 Å². The van der Waals surface area contributed by atoms with Gasteiger partial charge in [-0.05, 0) is 41.3 Å². The van der Waals surface area contributed by atoms with Crippen LogP contribution in [0.3, 0.4) is 0 Å². The van der Waals surface area contributed by atoms with Crippen molar-refractivity contribution >= 4 is 34.8 Å². The SMILES string of the molecule is O=C1Cc2cc(C(Cl)Cc3cccc(Cl)c3)ccc2N1. The summed E-state index contributed by atoms with van der Waals surface area (Å²) in [7, 11) is 0. The normalized spacial score (nSPS) is 14.8. The molecule has 0 bridgehead atoms. The van der Waals surface area contributed by atoms with Crippen molar-refractivity contribution in [3.05, 3.63) is 64.2 Å². The third-order valence-corrected chi connectivity index (χ3v) is 4.06. The van der Waals surface area contributed by atoms with E-state index in [4.69, 9.17) is 23.2 Å². The Balaban J connectivity index is 1.79. The molecule has 20 heavy (non-hydrogen) atoms. The van der Waals surface area contributed by atoms with Gasteiger partial charge in [0.1, 0.15) is 0 Å². The van der Waals surface area contributed by atoms with Gasteiger partial charge in [-0.3, -0.25) is 4.79 Å². The smallest absolute Gasteiger partial charge is 0.228 e. The summed E-state index contributed by atoms with van der Waals surface area (Å²) < 4.78 is 0. The van der Waals surface area contributed by atoms with E-state index in [-0.39, 0.29) is 11.3 Å². The van der Waals surface area contributed by atoms with Crippen molar-refractivity contribution in [3.63, 3.8) is 0 Å². The second-order valence-corrected chi connectivity index (χ2v) is 5.91. The van der Waals surface area contributed by atoms with Gasteiger partial charge in [0, 0.05) is 10.7 Å². The molecule has 0 aliphatic carbocycles. The number of fused-ring (bicyclic) bond motifs is 1. The molecule has 0 fully saturated rings. The monoisotopic (exact) mass is 305 g/mol. The van der Waals surface area contributed by atoms with Crippen LogP contribution in [0, 0.1) is 0 Å². The van der Waals surface area contributed by atoms with E-state index in [1.165, 1.54) is 0 Å². The maximum Gasteiger partial charge on any atom is 0.228 e. The fraction of sp³-hybridized carbons (Fsp3) is 0.188. The van der Waals surface area contributed by atoms with Gasteiger partial charge < -0.3 is 5.32 Å². The van der Waals surface area contributed by atoms with E-state index < -0.39 is 0 Å². The maximum absolute atomic E-state index is 11.4. The van der Waals surface area contributed by atoms with E-state index in [9.17, 15) is 4.79 Å². The Morgan fingerprint density at radius 1 is 1.20 bits per heavy atom. The molecule has 1 aliphatic rings. The maximum atomic E-state index is 11.4. The number of alkyl halides is 1. The van der Waals surface area contributed by atoms with Gasteiger partial charge in [-0.15, -0.1) is 11.6 Å². The molecule has 1 heterocycles. The molecule has 0 aromatic heterocycles. The molecule has 2 aromatic rings. The minimum atomic E-state index is -0.130. The second-order valence-electron chi connectivity index (χ2n) is 4.94. The summed E-state index contributed by atoms with van der Waals surface area (Å²) in [6, 6.07) is 13.6. The average molecular weight is 306 g/mol. The molecule has 1 unspecified atom stereocenters. The quantitative estimate of drug-likeness (QED) is 0.839. The summed E-state index contributed by atoms with van der Waals surface area (Å²) in [4.78, 5) is 11.4. The summed E-state index contributed by atoms with van der Waals surface area (Å²) in [6.45, 7) is 0. The van der Waals surface area contributed by atoms with Gasteiger partial charge in [0.05, 0.1) is 11.8 Å². The molecule has 4 heteroatoms. The summed E-state index contributed by atoms with van der Waals surface area (Å²) in [5, 5.41) is 3.41. The summed E-state index contributed by atoms with van der Waals surface area (Å²) in [5.41, 5.74) is 4.05. The van der Waals surface area contributed by atoms with Gasteiger partial charge in [-0.2, -0.15) is 0 Å². The summed E-state index contributed by atoms with van der Waals surface area (Å²) >= 11 is 12.5. The first kappa shape index (κ1) is 13.5. The number of rotatable bonds is 3. The zero-order chi connectivity index (χ0) is 14.1. The number of halogens is 2. The van der Waals surface area contributed by atoms with Gasteiger partial charge in [0.15, 0.2) is 0 Å². The second kappa shape index (κ2) is 5.47. The Kier molecular flexibility index (Phi) is 3.68. The minimum absolute atomic E-state index is 0.0399. The van der Waals surface area contributed by atoms with Crippen LogP contribution in [0.1, 0.15) is 22.1 Å². The van der Waals surface area contributed by atoms with Crippen molar-refractivity contribution in [2.45, 2.75) is 18.2 Å². The van der Waals surface area contributed by atoms with E-state index in [1.54, 1.807) is 0 Å². The average Bonchev–Trinajstić information content (AvgIpc) is 2.77. The van der Waals surface area contributed by atoms with Crippen LogP contribution in [0.4, 0.5) is 5.69 Å². The first-order valence-corrected chi connectivity index (χ1v) is 7.24. The molecular formula is C16H13Cl2NO. The highest BCUT2D eigenvalue weighted by atomic mass is 35.5. The van der Waals surface area contributed by atoms with Crippen molar-refractivity contribution in [2.75, 3.05) is 5.32 Å². The topological polar surface area (TPSA) is 29.1 Å². The van der Waals surface area contributed by atoms with E-state index >= 15 is 0 Å². The number of anilines is 1. The molecule has 1 N–H and O–H groups in total. The Labute approximate surface area is 127 Å². The minimum Gasteiger partial charge on any atom is -0.326 e. The number of nitrogens with one attached hydrogen (secondary N) is 1. The van der Waals surface area contributed by atoms with Gasteiger partial charge in [-0.1, -0.05) is 35.9 Å². The number of hydrogen-bond acceptors (Lipinski definition) is 1. The van der Waals surface area contributed by atoms with Crippen LogP contribution in [-0.4, -0.2) is 5.91 Å². The lowest BCUT2D eigenvalue weighted by Crippen LogP contribution is -2.03. The lowest BCUT2D eigenvalue weighted by atomic mass is 10.0. The molecule has 1 amide bonds. The van der Waals surface area contributed by atoms with E-state index in [2.05, 4.69) is 5.32 Å². The molecule has 0 radical (unpaired) electrons. The van der Waals surface area contributed by atoms with E-state index in [0.717, 1.165) is 27.4 Å². The number of amides is 1. The van der Waals surface area contributed by atoms with Gasteiger partial charge in [0.2, 0.25) is 5.91 Å². The summed E-state index contributed by atoms with van der Waals surface area (Å²) in [6.07, 6.45) is 1.15. The number of carbonyl (C=O) groups excluding carboxylic acids is 1. The lowest BCUT2D eigenvalue weighted by molar-refractivity contribution is -0.115. The first-order chi connectivity index (χ1) is 9.61. The first-order valence-electron chi connectivity index (χ1n) is 6.43. The molecule has 1 aliphatic heterocycles. The van der Waals surface area contributed by atoms with Crippen molar-refractivity contribution in [2.24, 2.45) is 0 Å². The molecule has 2 aromatic carbocycles. The van der Waals surface area contributed by atoms with Crippen LogP contribution in [0.25, 0.3) is 0 Å². The van der Waals surface area contributed by atoms with Crippen LogP contribution in [-0.2, 0) is 17.6 Å². The van der Waals surface area contributed by atoms with Crippen molar-refractivity contribution in [1.82, 2.24) is 0 Å². The molecule has 0 spiro atoms. The molecule has 2 nitrogen and oxygen atoms in total. The van der Waals surface area contributed by atoms with E-state index in [0.29, 0.717) is 12.8 Å². The Hall–Kier alpha value is -1.51. The largest absolute Gasteiger partial charge is 0.326 e. The third-order valence-electron chi connectivity index (χ3n) is 3.42. The van der Waals surface area contributed by atoms with Gasteiger partial charge in [0.25, 0.3) is 0 Å². The van der Waals surface area contributed by atoms with Crippen molar-refractivity contribution in [1.29, 1.82) is 0 Å². The number of hydrogen-bond donors (Lipinski definition) is 1. The Bertz CT molecular complexity index is 669. The highest BCUT2D eigenvalue weighted by Crippen LogP contribution is 2.31. The Morgan fingerprint density at radius 2 is 2.05 bits per heavy atom. The van der Waals surface area contributed by atoms with Crippen molar-refractivity contribution < 1.29 is 4.79 Å². The van der Waals surface area contributed by atoms with Crippen LogP contribution in [0.2, 0.25) is 5.02 Å². The van der Waals surface area contributed by atoms with Crippen LogP contribution >= 0.6 is 23.2 Å². The predicted octanol–water partition coefficient (Wildman–Crippen LogP) is 4.36. The highest BCUT2D eigenvalue weighted by Gasteiger charge is 2.19. The molecule has 102 valence electrons. The van der Waals surface area contributed by atoms with Crippen LogP contribution < -0.4 is 5.32 Å². The predicted molar refractivity (Wildman–Crippen MR) is 82.5 cm³/mol. The van der Waals surface area contributed by atoms with Gasteiger partial charge in [-0.25, -0.2) is 0 Å². The fourth-order valence-electron chi connectivity index (χ4n) is 2.43. The molecule has 3 rings (SSSR count). The Morgan fingerprint density at radius 3 is 2.85 bits per heavy atom. The zero-order valence-electron chi connectivity index (χ0n) is 10.7. The molecule has 1 atom stereocenters. The summed E-state index contributed by atoms with van der Waals surface area (Å²) in [5.74, 6) is 0.0399. The fourth-order valence-corrected chi connectivity index (χ4v) is 2.96. The third kappa shape index (κ3) is 2.82. The van der Waals surface area contributed by atoms with Gasteiger partial charge >= 0.3 is 0 Å². The number of benzene rings is 2. The zero-order valence-corrected chi connectivity index (χ0v) is 12.2. The van der Waals surface area contributed by atoms with E-state index in [1.807, 2.05) is 42.5 Å². The van der Waals surface area contributed by atoms with Crippen LogP contribution in [0.5, 0.6) is 0 Å². The molecular weight excluding hydrogens is 293 g/mol.